The van der Waals surface area contributed by atoms with Gasteiger partial charge < -0.3 is 9.64 Å². The van der Waals surface area contributed by atoms with Gasteiger partial charge in [0.05, 0.1) is 12.0 Å². The number of amides is 1. The molecule has 0 aromatic heterocycles. The quantitative estimate of drug-likeness (QED) is 0.695. The predicted molar refractivity (Wildman–Crippen MR) is 107 cm³/mol. The number of piperidine rings is 1. The fraction of sp³-hybridized carbons (Fsp3) is 0.381. The van der Waals surface area contributed by atoms with Crippen LogP contribution < -0.4 is 4.74 Å². The first-order chi connectivity index (χ1) is 14.2. The number of methoxy groups -OCH3 is 1. The van der Waals surface area contributed by atoms with Gasteiger partial charge in [0.2, 0.25) is 15.9 Å². The Balaban J connectivity index is 1.59. The molecule has 2 aromatic rings. The monoisotopic (exact) mass is 438 g/mol. The van der Waals surface area contributed by atoms with Crippen molar-refractivity contribution in [3.05, 3.63) is 59.7 Å². The molecule has 1 amide bonds. The molecule has 0 bridgehead atoms. The number of nitrogens with zero attached hydrogens (tertiary/aromatic N) is 2. The molecular weight excluding hydrogens is 414 g/mol. The average molecular weight is 438 g/mol. The number of hydrogen-bond donors (Lipinski definition) is 0. The Morgan fingerprint density at radius 1 is 1.13 bits per heavy atom. The second-order valence-electron chi connectivity index (χ2n) is 7.30. The zero-order valence-corrected chi connectivity index (χ0v) is 17.7. The highest BCUT2D eigenvalue weighted by Crippen LogP contribution is 2.26. The Bertz CT molecular complexity index is 1000. The second-order valence-corrected chi connectivity index (χ2v) is 9.23. The van der Waals surface area contributed by atoms with Crippen molar-refractivity contribution < 1.29 is 26.7 Å². The van der Waals surface area contributed by atoms with E-state index in [-0.39, 0.29) is 42.1 Å². The summed E-state index contributed by atoms with van der Waals surface area (Å²) in [4.78, 5) is 14.3. The van der Waals surface area contributed by atoms with Crippen molar-refractivity contribution in [2.45, 2.75) is 24.3 Å². The van der Waals surface area contributed by atoms with Gasteiger partial charge in [-0.15, -0.1) is 0 Å². The molecule has 0 unspecified atom stereocenters. The Kier molecular flexibility index (Phi) is 6.72. The lowest BCUT2D eigenvalue weighted by Gasteiger charge is -2.32. The first-order valence-corrected chi connectivity index (χ1v) is 11.0. The number of benzene rings is 2. The summed E-state index contributed by atoms with van der Waals surface area (Å²) < 4.78 is 58.5. The van der Waals surface area contributed by atoms with Crippen LogP contribution in [0.25, 0.3) is 0 Å². The summed E-state index contributed by atoms with van der Waals surface area (Å²) >= 11 is 0. The minimum absolute atomic E-state index is 0.0346. The van der Waals surface area contributed by atoms with Gasteiger partial charge in [0.1, 0.15) is 5.82 Å². The van der Waals surface area contributed by atoms with E-state index in [4.69, 9.17) is 4.74 Å². The lowest BCUT2D eigenvalue weighted by molar-refractivity contribution is -0.135. The largest absolute Gasteiger partial charge is 0.494 e. The number of carbonyl (C=O) groups excluding carboxylic acids is 1. The number of halogens is 2. The van der Waals surface area contributed by atoms with Crippen molar-refractivity contribution in [1.82, 2.24) is 9.21 Å². The Labute approximate surface area is 175 Å². The van der Waals surface area contributed by atoms with Gasteiger partial charge in [-0.25, -0.2) is 17.2 Å². The van der Waals surface area contributed by atoms with Crippen LogP contribution in [0.5, 0.6) is 5.75 Å². The van der Waals surface area contributed by atoms with Crippen LogP contribution in [0.2, 0.25) is 0 Å². The molecule has 1 aliphatic rings. The van der Waals surface area contributed by atoms with Crippen LogP contribution in [0.4, 0.5) is 8.78 Å². The highest BCUT2D eigenvalue weighted by atomic mass is 32.2. The SMILES string of the molecule is COc1ccc(CN(C)C(=O)C2CCN(S(=O)(=O)c3ccc(F)cc3)CC2)cc1F. The predicted octanol–water partition coefficient (Wildman–Crippen LogP) is 3.03. The maximum Gasteiger partial charge on any atom is 0.243 e. The molecule has 2 aromatic carbocycles. The normalized spacial score (nSPS) is 15.7. The van der Waals surface area contributed by atoms with Gasteiger partial charge in [-0.05, 0) is 54.8 Å². The van der Waals surface area contributed by atoms with Crippen LogP contribution in [-0.4, -0.2) is 50.8 Å². The molecule has 1 fully saturated rings. The lowest BCUT2D eigenvalue weighted by atomic mass is 9.96. The third-order valence-corrected chi connectivity index (χ3v) is 7.18. The van der Waals surface area contributed by atoms with Crippen LogP contribution in [0.3, 0.4) is 0 Å². The zero-order chi connectivity index (χ0) is 21.9. The van der Waals surface area contributed by atoms with Gasteiger partial charge in [-0.2, -0.15) is 4.31 Å². The molecule has 3 rings (SSSR count). The molecule has 6 nitrogen and oxygen atoms in total. The van der Waals surface area contributed by atoms with E-state index in [1.807, 2.05) is 0 Å². The number of sulfonamides is 1. The van der Waals surface area contributed by atoms with E-state index in [1.165, 1.54) is 40.6 Å². The van der Waals surface area contributed by atoms with E-state index in [0.717, 1.165) is 12.1 Å². The van der Waals surface area contributed by atoms with Crippen LogP contribution in [0.15, 0.2) is 47.4 Å². The average Bonchev–Trinajstić information content (AvgIpc) is 2.73. The van der Waals surface area contributed by atoms with Gasteiger partial charge >= 0.3 is 0 Å². The molecule has 1 heterocycles. The first kappa shape index (κ1) is 22.2. The van der Waals surface area contributed by atoms with E-state index >= 15 is 0 Å². The van der Waals surface area contributed by atoms with E-state index < -0.39 is 21.7 Å². The van der Waals surface area contributed by atoms with Crippen LogP contribution in [0.1, 0.15) is 18.4 Å². The van der Waals surface area contributed by atoms with Crippen molar-refractivity contribution in [2.24, 2.45) is 5.92 Å². The van der Waals surface area contributed by atoms with Crippen molar-refractivity contribution in [2.75, 3.05) is 27.2 Å². The van der Waals surface area contributed by atoms with Crippen molar-refractivity contribution in [3.8, 4) is 5.75 Å². The maximum atomic E-state index is 13.9. The lowest BCUT2D eigenvalue weighted by Crippen LogP contribution is -2.43. The Morgan fingerprint density at radius 3 is 2.33 bits per heavy atom. The standard InChI is InChI=1S/C21H24F2N2O4S/c1-24(14-15-3-8-20(29-2)19(23)13-15)21(26)16-9-11-25(12-10-16)30(27,28)18-6-4-17(22)5-7-18/h3-8,13,16H,9-12,14H2,1-2H3. The molecule has 1 aliphatic heterocycles. The summed E-state index contributed by atoms with van der Waals surface area (Å²) in [5.41, 5.74) is 0.639. The topological polar surface area (TPSA) is 66.9 Å². The van der Waals surface area contributed by atoms with Gasteiger partial charge in [-0.1, -0.05) is 6.07 Å². The molecule has 0 saturated carbocycles. The number of ether oxygens (including phenoxy) is 1. The van der Waals surface area contributed by atoms with Crippen LogP contribution in [0, 0.1) is 17.6 Å². The molecule has 0 atom stereocenters. The summed E-state index contributed by atoms with van der Waals surface area (Å²) in [5.74, 6) is -1.27. The molecule has 1 saturated heterocycles. The Morgan fingerprint density at radius 2 is 1.77 bits per heavy atom. The molecule has 162 valence electrons. The zero-order valence-electron chi connectivity index (χ0n) is 16.8. The van der Waals surface area contributed by atoms with Crippen molar-refractivity contribution in [1.29, 1.82) is 0 Å². The molecule has 0 N–H and O–H groups in total. The summed E-state index contributed by atoms with van der Waals surface area (Å²) in [6, 6.07) is 9.25. The maximum absolute atomic E-state index is 13.9. The summed E-state index contributed by atoms with van der Waals surface area (Å²) in [7, 11) is -0.690. The number of hydrogen-bond acceptors (Lipinski definition) is 4. The fourth-order valence-corrected chi connectivity index (χ4v) is 5.04. The summed E-state index contributed by atoms with van der Waals surface area (Å²) in [5, 5.41) is 0. The summed E-state index contributed by atoms with van der Waals surface area (Å²) in [6.45, 7) is 0.663. The van der Waals surface area contributed by atoms with E-state index in [1.54, 1.807) is 13.1 Å². The highest BCUT2D eigenvalue weighted by Gasteiger charge is 2.33. The highest BCUT2D eigenvalue weighted by molar-refractivity contribution is 7.89. The van der Waals surface area contributed by atoms with E-state index in [0.29, 0.717) is 18.4 Å². The first-order valence-electron chi connectivity index (χ1n) is 9.55. The van der Waals surface area contributed by atoms with Crippen LogP contribution in [-0.2, 0) is 21.4 Å². The minimum Gasteiger partial charge on any atom is -0.494 e. The third-order valence-electron chi connectivity index (χ3n) is 5.27. The van der Waals surface area contributed by atoms with Crippen molar-refractivity contribution in [3.63, 3.8) is 0 Å². The van der Waals surface area contributed by atoms with Crippen molar-refractivity contribution >= 4 is 15.9 Å². The molecule has 9 heteroatoms. The van der Waals surface area contributed by atoms with Gasteiger partial charge in [-0.3, -0.25) is 4.79 Å². The number of rotatable bonds is 6. The molecule has 0 spiro atoms. The van der Waals surface area contributed by atoms with Gasteiger partial charge in [0.25, 0.3) is 0 Å². The molecule has 0 radical (unpaired) electrons. The van der Waals surface area contributed by atoms with E-state index in [2.05, 4.69) is 0 Å². The second kappa shape index (κ2) is 9.09. The minimum atomic E-state index is -3.72. The summed E-state index contributed by atoms with van der Waals surface area (Å²) in [6.07, 6.45) is 0.779. The smallest absolute Gasteiger partial charge is 0.243 e. The van der Waals surface area contributed by atoms with Gasteiger partial charge in [0, 0.05) is 32.6 Å². The van der Waals surface area contributed by atoms with E-state index in [9.17, 15) is 22.0 Å². The fourth-order valence-electron chi connectivity index (χ4n) is 3.57. The van der Waals surface area contributed by atoms with Gasteiger partial charge in [0.15, 0.2) is 11.6 Å². The number of carbonyl (C=O) groups is 1. The van der Waals surface area contributed by atoms with Crippen LogP contribution >= 0.6 is 0 Å². The molecule has 0 aliphatic carbocycles. The molecular formula is C21H24F2N2O4S. The third kappa shape index (κ3) is 4.79. The molecule has 30 heavy (non-hydrogen) atoms. The Hall–Kier alpha value is -2.52.